The number of ether oxygens (including phenoxy) is 1. The number of methoxy groups -OCH3 is 1. The second kappa shape index (κ2) is 8.42. The molecule has 122 valence electrons. The third kappa shape index (κ3) is 6.17. The number of hydrogen-bond acceptors (Lipinski definition) is 7. The Kier molecular flexibility index (Phi) is 6.90. The Hall–Kier alpha value is -2.03. The van der Waals surface area contributed by atoms with Gasteiger partial charge in [-0.3, -0.25) is 9.59 Å². The standard InChI is InChI=1S/C13H20N4O4S/c1-7(2)4-8(12(20)21-3)15-11(19)6-22-13-16-9(14)5-10(18)17-13/h5,7-8H,4,6H2,1-3H3,(H,15,19)(H3,14,16,17,18)/t8-/m0/s1. The van der Waals surface area contributed by atoms with Gasteiger partial charge in [0.25, 0.3) is 5.56 Å². The van der Waals surface area contributed by atoms with Gasteiger partial charge in [-0.2, -0.15) is 0 Å². The number of thioether (sulfide) groups is 1. The molecular weight excluding hydrogens is 308 g/mol. The number of amides is 1. The van der Waals surface area contributed by atoms with E-state index >= 15 is 0 Å². The lowest BCUT2D eigenvalue weighted by atomic mass is 10.0. The van der Waals surface area contributed by atoms with Crippen molar-refractivity contribution in [2.24, 2.45) is 5.92 Å². The molecule has 0 spiro atoms. The van der Waals surface area contributed by atoms with Crippen LogP contribution in [-0.2, 0) is 14.3 Å². The van der Waals surface area contributed by atoms with Gasteiger partial charge in [-0.1, -0.05) is 25.6 Å². The molecule has 1 rings (SSSR count). The highest BCUT2D eigenvalue weighted by Gasteiger charge is 2.22. The summed E-state index contributed by atoms with van der Waals surface area (Å²) in [6.45, 7) is 3.89. The lowest BCUT2D eigenvalue weighted by Gasteiger charge is -2.18. The minimum Gasteiger partial charge on any atom is -0.467 e. The Morgan fingerprint density at radius 1 is 1.50 bits per heavy atom. The van der Waals surface area contributed by atoms with Crippen molar-refractivity contribution in [2.45, 2.75) is 31.5 Å². The first-order valence-corrected chi connectivity index (χ1v) is 7.67. The molecule has 0 aliphatic rings. The molecule has 22 heavy (non-hydrogen) atoms. The molecule has 0 fully saturated rings. The van der Waals surface area contributed by atoms with Gasteiger partial charge in [0.1, 0.15) is 11.9 Å². The highest BCUT2D eigenvalue weighted by molar-refractivity contribution is 7.99. The minimum absolute atomic E-state index is 0.00200. The summed E-state index contributed by atoms with van der Waals surface area (Å²) < 4.78 is 4.67. The van der Waals surface area contributed by atoms with Gasteiger partial charge in [0, 0.05) is 6.07 Å². The zero-order valence-corrected chi connectivity index (χ0v) is 13.5. The second-order valence-corrected chi connectivity index (χ2v) is 6.00. The van der Waals surface area contributed by atoms with Crippen molar-refractivity contribution in [1.82, 2.24) is 15.3 Å². The van der Waals surface area contributed by atoms with E-state index in [1.165, 1.54) is 7.11 Å². The number of carbonyl (C=O) groups excluding carboxylic acids is 2. The Morgan fingerprint density at radius 2 is 2.18 bits per heavy atom. The average molecular weight is 328 g/mol. The number of carbonyl (C=O) groups is 2. The number of nitrogen functional groups attached to an aromatic ring is 1. The lowest BCUT2D eigenvalue weighted by molar-refractivity contribution is -0.145. The fourth-order valence-corrected chi connectivity index (χ4v) is 2.41. The van der Waals surface area contributed by atoms with Gasteiger partial charge in [-0.25, -0.2) is 9.78 Å². The lowest BCUT2D eigenvalue weighted by Crippen LogP contribution is -2.43. The maximum Gasteiger partial charge on any atom is 0.328 e. The van der Waals surface area contributed by atoms with Crippen molar-refractivity contribution < 1.29 is 14.3 Å². The van der Waals surface area contributed by atoms with Crippen LogP contribution < -0.4 is 16.6 Å². The molecule has 0 aliphatic carbocycles. The molecule has 1 atom stereocenters. The van der Waals surface area contributed by atoms with Crippen molar-refractivity contribution >= 4 is 29.5 Å². The number of aromatic nitrogens is 2. The molecule has 0 unspecified atom stereocenters. The van der Waals surface area contributed by atoms with E-state index < -0.39 is 12.0 Å². The van der Waals surface area contributed by atoms with Crippen LogP contribution in [0.2, 0.25) is 0 Å². The number of aromatic amines is 1. The normalized spacial score (nSPS) is 12.0. The van der Waals surface area contributed by atoms with Crippen molar-refractivity contribution in [3.63, 3.8) is 0 Å². The summed E-state index contributed by atoms with van der Waals surface area (Å²) >= 11 is 1.03. The summed E-state index contributed by atoms with van der Waals surface area (Å²) in [5.41, 5.74) is 5.07. The van der Waals surface area contributed by atoms with Gasteiger partial charge < -0.3 is 20.8 Å². The van der Waals surface area contributed by atoms with Gasteiger partial charge in [-0.15, -0.1) is 0 Å². The summed E-state index contributed by atoms with van der Waals surface area (Å²) in [6.07, 6.45) is 0.483. The fourth-order valence-electron chi connectivity index (χ4n) is 1.72. The third-order valence-electron chi connectivity index (χ3n) is 2.61. The maximum atomic E-state index is 11.9. The largest absolute Gasteiger partial charge is 0.467 e. The maximum absolute atomic E-state index is 11.9. The van der Waals surface area contributed by atoms with E-state index in [1.54, 1.807) is 0 Å². The highest BCUT2D eigenvalue weighted by Crippen LogP contribution is 2.12. The quantitative estimate of drug-likeness (QED) is 0.369. The molecule has 8 nitrogen and oxygen atoms in total. The van der Waals surface area contributed by atoms with Crippen LogP contribution in [-0.4, -0.2) is 40.7 Å². The SMILES string of the molecule is COC(=O)[C@H](CC(C)C)NC(=O)CSc1nc(N)cc(=O)[nH]1. The number of H-pyrrole nitrogens is 1. The van der Waals surface area contributed by atoms with Gasteiger partial charge >= 0.3 is 5.97 Å². The topological polar surface area (TPSA) is 127 Å². The van der Waals surface area contributed by atoms with E-state index in [9.17, 15) is 14.4 Å². The first-order chi connectivity index (χ1) is 10.3. The van der Waals surface area contributed by atoms with Crippen LogP contribution in [0.15, 0.2) is 16.0 Å². The average Bonchev–Trinajstić information content (AvgIpc) is 2.42. The van der Waals surface area contributed by atoms with Crippen molar-refractivity contribution in [3.05, 3.63) is 16.4 Å². The molecule has 0 saturated heterocycles. The van der Waals surface area contributed by atoms with E-state index in [0.29, 0.717) is 6.42 Å². The van der Waals surface area contributed by atoms with Gasteiger partial charge in [0.2, 0.25) is 5.91 Å². The molecule has 0 bridgehead atoms. The summed E-state index contributed by atoms with van der Waals surface area (Å²) in [4.78, 5) is 41.1. The first kappa shape index (κ1) is 18.0. The van der Waals surface area contributed by atoms with Crippen LogP contribution in [0, 0.1) is 5.92 Å². The van der Waals surface area contributed by atoms with E-state index in [1.807, 2.05) is 13.8 Å². The molecule has 0 radical (unpaired) electrons. The Labute approximate surface area is 132 Å². The number of nitrogens with one attached hydrogen (secondary N) is 2. The third-order valence-corrected chi connectivity index (χ3v) is 3.48. The van der Waals surface area contributed by atoms with Crippen molar-refractivity contribution in [2.75, 3.05) is 18.6 Å². The van der Waals surface area contributed by atoms with Gasteiger partial charge in [-0.05, 0) is 12.3 Å². The summed E-state index contributed by atoms with van der Waals surface area (Å²) in [5.74, 6) is -0.533. The van der Waals surface area contributed by atoms with Crippen LogP contribution in [0.25, 0.3) is 0 Å². The minimum atomic E-state index is -0.689. The summed E-state index contributed by atoms with van der Waals surface area (Å²) in [5, 5.41) is 2.86. The number of anilines is 1. The van der Waals surface area contributed by atoms with Crippen molar-refractivity contribution in [1.29, 1.82) is 0 Å². The predicted octanol–water partition coefficient (Wildman–Crippen LogP) is 0.148. The smallest absolute Gasteiger partial charge is 0.328 e. The van der Waals surface area contributed by atoms with E-state index in [2.05, 4.69) is 20.0 Å². The van der Waals surface area contributed by atoms with Crippen LogP contribution in [0.3, 0.4) is 0 Å². The van der Waals surface area contributed by atoms with Gasteiger partial charge in [0.05, 0.1) is 12.9 Å². The van der Waals surface area contributed by atoms with E-state index in [0.717, 1.165) is 17.8 Å². The Bertz CT molecular complexity index is 588. The number of esters is 1. The highest BCUT2D eigenvalue weighted by atomic mass is 32.2. The van der Waals surface area contributed by atoms with Crippen LogP contribution in [0.4, 0.5) is 5.82 Å². The zero-order chi connectivity index (χ0) is 16.7. The van der Waals surface area contributed by atoms with Crippen LogP contribution in [0.5, 0.6) is 0 Å². The first-order valence-electron chi connectivity index (χ1n) is 6.68. The number of rotatable bonds is 7. The Morgan fingerprint density at radius 3 is 2.73 bits per heavy atom. The Balaban J connectivity index is 2.59. The number of nitrogens with two attached hydrogens (primary N) is 1. The molecule has 1 amide bonds. The van der Waals surface area contributed by atoms with E-state index in [-0.39, 0.29) is 34.1 Å². The van der Waals surface area contributed by atoms with E-state index in [4.69, 9.17) is 5.73 Å². The fraction of sp³-hybridized carbons (Fsp3) is 0.538. The molecule has 1 aromatic heterocycles. The second-order valence-electron chi connectivity index (χ2n) is 5.04. The molecule has 0 saturated carbocycles. The molecule has 1 heterocycles. The number of nitrogens with zero attached hydrogens (tertiary/aromatic N) is 1. The molecule has 0 aliphatic heterocycles. The van der Waals surface area contributed by atoms with Crippen LogP contribution in [0.1, 0.15) is 20.3 Å². The molecule has 4 N–H and O–H groups in total. The molecule has 9 heteroatoms. The number of hydrogen-bond donors (Lipinski definition) is 3. The molecular formula is C13H20N4O4S. The summed E-state index contributed by atoms with van der Waals surface area (Å²) in [7, 11) is 1.28. The zero-order valence-electron chi connectivity index (χ0n) is 12.7. The predicted molar refractivity (Wildman–Crippen MR) is 83.4 cm³/mol. The van der Waals surface area contributed by atoms with Crippen LogP contribution >= 0.6 is 11.8 Å². The monoisotopic (exact) mass is 328 g/mol. The molecule has 1 aromatic rings. The summed E-state index contributed by atoms with van der Waals surface area (Å²) in [6, 6.07) is 0.464. The molecule has 0 aromatic carbocycles. The van der Waals surface area contributed by atoms with Crippen molar-refractivity contribution in [3.8, 4) is 0 Å². The van der Waals surface area contributed by atoms with Gasteiger partial charge in [0.15, 0.2) is 5.16 Å².